The van der Waals surface area contributed by atoms with E-state index < -0.39 is 0 Å². The predicted octanol–water partition coefficient (Wildman–Crippen LogP) is 2.13. The minimum absolute atomic E-state index is 0.00941. The number of hydrogen-bond donors (Lipinski definition) is 1. The van der Waals surface area contributed by atoms with Gasteiger partial charge in [-0.05, 0) is 25.5 Å². The molecule has 0 aromatic heterocycles. The van der Waals surface area contributed by atoms with Crippen LogP contribution in [0.3, 0.4) is 0 Å². The molecule has 1 rings (SSSR count). The highest BCUT2D eigenvalue weighted by molar-refractivity contribution is 7.80. The number of hydrogen-bond acceptors (Lipinski definition) is 3. The van der Waals surface area contributed by atoms with E-state index in [1.54, 1.807) is 6.92 Å². The van der Waals surface area contributed by atoms with E-state index >= 15 is 0 Å². The largest absolute Gasteiger partial charge is 0.300 e. The lowest BCUT2D eigenvalue weighted by Gasteiger charge is -2.18. The fourth-order valence-electron chi connectivity index (χ4n) is 2.24. The van der Waals surface area contributed by atoms with Crippen LogP contribution in [0.25, 0.3) is 0 Å². The Morgan fingerprint density at radius 1 is 1.36 bits per heavy atom. The molecule has 2 nitrogen and oxygen atoms in total. The first kappa shape index (κ1) is 11.8. The van der Waals surface area contributed by atoms with E-state index in [9.17, 15) is 9.59 Å². The normalized spacial score (nSPS) is 28.8. The van der Waals surface area contributed by atoms with Crippen LogP contribution in [0.2, 0.25) is 0 Å². The topological polar surface area (TPSA) is 34.1 Å². The van der Waals surface area contributed by atoms with Gasteiger partial charge in [-0.25, -0.2) is 0 Å². The molecule has 0 aliphatic heterocycles. The Kier molecular flexibility index (Phi) is 4.17. The van der Waals surface area contributed by atoms with Gasteiger partial charge in [0.2, 0.25) is 0 Å². The molecule has 3 atom stereocenters. The summed E-state index contributed by atoms with van der Waals surface area (Å²) < 4.78 is 0. The maximum Gasteiger partial charge on any atom is 0.140 e. The van der Waals surface area contributed by atoms with Crippen LogP contribution in [-0.2, 0) is 9.59 Å². The first-order chi connectivity index (χ1) is 6.57. The molecule has 0 bridgehead atoms. The van der Waals surface area contributed by atoms with Crippen molar-refractivity contribution in [2.45, 2.75) is 33.1 Å². The van der Waals surface area contributed by atoms with E-state index in [1.165, 1.54) is 0 Å². The Labute approximate surface area is 90.9 Å². The summed E-state index contributed by atoms with van der Waals surface area (Å²) in [5.41, 5.74) is 0. The van der Waals surface area contributed by atoms with Crippen molar-refractivity contribution in [3.05, 3.63) is 0 Å². The molecule has 80 valence electrons. The second kappa shape index (κ2) is 4.96. The van der Waals surface area contributed by atoms with E-state index in [4.69, 9.17) is 0 Å². The van der Waals surface area contributed by atoms with Crippen LogP contribution in [0, 0.1) is 17.8 Å². The van der Waals surface area contributed by atoms with Crippen LogP contribution >= 0.6 is 12.6 Å². The summed E-state index contributed by atoms with van der Waals surface area (Å²) in [4.78, 5) is 23.2. The number of Topliss-reactive ketones (excluding diaryl/α,β-unsaturated/α-hetero) is 2. The number of ketones is 2. The Morgan fingerprint density at radius 2 is 1.93 bits per heavy atom. The van der Waals surface area contributed by atoms with Crippen molar-refractivity contribution in [2.75, 3.05) is 5.75 Å². The van der Waals surface area contributed by atoms with E-state index in [1.807, 2.05) is 6.92 Å². The lowest BCUT2D eigenvalue weighted by Crippen LogP contribution is -2.28. The Morgan fingerprint density at radius 3 is 2.43 bits per heavy atom. The van der Waals surface area contributed by atoms with Gasteiger partial charge in [0, 0.05) is 17.8 Å². The fourth-order valence-corrected chi connectivity index (χ4v) is 2.42. The monoisotopic (exact) mass is 214 g/mol. The van der Waals surface area contributed by atoms with Gasteiger partial charge in [-0.1, -0.05) is 13.3 Å². The van der Waals surface area contributed by atoms with E-state index in [0.717, 1.165) is 19.3 Å². The van der Waals surface area contributed by atoms with Crippen LogP contribution in [-0.4, -0.2) is 17.3 Å². The molecule has 3 heteroatoms. The molecule has 0 amide bonds. The van der Waals surface area contributed by atoms with Gasteiger partial charge < -0.3 is 0 Å². The molecule has 1 unspecified atom stereocenters. The van der Waals surface area contributed by atoms with Gasteiger partial charge in [0.1, 0.15) is 11.6 Å². The third-order valence-corrected chi connectivity index (χ3v) is 3.71. The number of thiol groups is 1. The molecule has 1 aliphatic carbocycles. The summed E-state index contributed by atoms with van der Waals surface area (Å²) in [5, 5.41) is 0. The van der Waals surface area contributed by atoms with E-state index in [2.05, 4.69) is 12.6 Å². The lowest BCUT2D eigenvalue weighted by molar-refractivity contribution is -0.132. The molecule has 0 aromatic rings. The zero-order valence-corrected chi connectivity index (χ0v) is 9.72. The SMILES string of the molecule is CC(=O)[C@@H]1CCCC1C(=O)[C@H](C)CS. The third kappa shape index (κ3) is 2.38. The van der Waals surface area contributed by atoms with Gasteiger partial charge in [0.15, 0.2) is 0 Å². The molecular formula is C11H18O2S. The molecule has 0 heterocycles. The maximum absolute atomic E-state index is 11.9. The molecular weight excluding hydrogens is 196 g/mol. The van der Waals surface area contributed by atoms with Crippen LogP contribution in [0.1, 0.15) is 33.1 Å². The highest BCUT2D eigenvalue weighted by Crippen LogP contribution is 2.34. The molecule has 1 fully saturated rings. The van der Waals surface area contributed by atoms with Gasteiger partial charge in [0.05, 0.1) is 0 Å². The van der Waals surface area contributed by atoms with Crippen molar-refractivity contribution in [2.24, 2.45) is 17.8 Å². The minimum Gasteiger partial charge on any atom is -0.300 e. The molecule has 0 saturated heterocycles. The first-order valence-electron chi connectivity index (χ1n) is 5.23. The Bertz CT molecular complexity index is 237. The van der Waals surface area contributed by atoms with Crippen LogP contribution in [0.5, 0.6) is 0 Å². The number of carbonyl (C=O) groups is 2. The summed E-state index contributed by atoms with van der Waals surface area (Å²) in [6.07, 6.45) is 2.80. The third-order valence-electron chi connectivity index (χ3n) is 3.16. The fraction of sp³-hybridized carbons (Fsp3) is 0.818. The molecule has 1 saturated carbocycles. The predicted molar refractivity (Wildman–Crippen MR) is 59.5 cm³/mol. The maximum atomic E-state index is 11.9. The molecule has 0 radical (unpaired) electrons. The molecule has 0 N–H and O–H groups in total. The van der Waals surface area contributed by atoms with Crippen LogP contribution < -0.4 is 0 Å². The van der Waals surface area contributed by atoms with Crippen molar-refractivity contribution in [3.8, 4) is 0 Å². The van der Waals surface area contributed by atoms with Crippen molar-refractivity contribution < 1.29 is 9.59 Å². The quantitative estimate of drug-likeness (QED) is 0.727. The van der Waals surface area contributed by atoms with Gasteiger partial charge in [-0.2, -0.15) is 12.6 Å². The summed E-state index contributed by atoms with van der Waals surface area (Å²) in [7, 11) is 0. The average Bonchev–Trinajstić information content (AvgIpc) is 2.63. The van der Waals surface area contributed by atoms with E-state index in [0.29, 0.717) is 5.75 Å². The molecule has 0 spiro atoms. The van der Waals surface area contributed by atoms with Crippen molar-refractivity contribution in [1.29, 1.82) is 0 Å². The first-order valence-corrected chi connectivity index (χ1v) is 5.86. The van der Waals surface area contributed by atoms with Gasteiger partial charge >= 0.3 is 0 Å². The lowest BCUT2D eigenvalue weighted by atomic mass is 9.85. The highest BCUT2D eigenvalue weighted by atomic mass is 32.1. The van der Waals surface area contributed by atoms with Gasteiger partial charge in [-0.3, -0.25) is 9.59 Å². The standard InChI is InChI=1S/C11H18O2S/c1-7(6-14)11(13)10-5-3-4-9(10)8(2)12/h7,9-10,14H,3-6H2,1-2H3/t7-,9+,10?/m1/s1. The minimum atomic E-state index is -0.0188. The average molecular weight is 214 g/mol. The second-order valence-corrected chi connectivity index (χ2v) is 4.61. The van der Waals surface area contributed by atoms with Crippen LogP contribution in [0.15, 0.2) is 0 Å². The van der Waals surface area contributed by atoms with Crippen molar-refractivity contribution >= 4 is 24.2 Å². The van der Waals surface area contributed by atoms with Crippen LogP contribution in [0.4, 0.5) is 0 Å². The molecule has 14 heavy (non-hydrogen) atoms. The number of carbonyl (C=O) groups excluding carboxylic acids is 2. The zero-order valence-electron chi connectivity index (χ0n) is 8.82. The zero-order chi connectivity index (χ0) is 10.7. The Hall–Kier alpha value is -0.310. The summed E-state index contributed by atoms with van der Waals surface area (Å²) >= 11 is 4.12. The highest BCUT2D eigenvalue weighted by Gasteiger charge is 2.36. The Balaban J connectivity index is 2.67. The summed E-state index contributed by atoms with van der Waals surface area (Å²) in [5.74, 6) is 0.952. The molecule has 1 aliphatic rings. The summed E-state index contributed by atoms with van der Waals surface area (Å²) in [6.45, 7) is 3.49. The molecule has 0 aromatic carbocycles. The van der Waals surface area contributed by atoms with Gasteiger partial charge in [0.25, 0.3) is 0 Å². The van der Waals surface area contributed by atoms with Crippen molar-refractivity contribution in [3.63, 3.8) is 0 Å². The second-order valence-electron chi connectivity index (χ2n) is 4.24. The number of rotatable bonds is 4. The summed E-state index contributed by atoms with van der Waals surface area (Å²) in [6, 6.07) is 0. The van der Waals surface area contributed by atoms with Gasteiger partial charge in [-0.15, -0.1) is 0 Å². The smallest absolute Gasteiger partial charge is 0.140 e. The van der Waals surface area contributed by atoms with Crippen molar-refractivity contribution in [1.82, 2.24) is 0 Å². The van der Waals surface area contributed by atoms with E-state index in [-0.39, 0.29) is 29.3 Å².